The van der Waals surface area contributed by atoms with E-state index in [1.54, 1.807) is 7.11 Å². The number of ether oxygens (including phenoxy) is 1. The lowest BCUT2D eigenvalue weighted by Crippen LogP contribution is -1.89. The van der Waals surface area contributed by atoms with Gasteiger partial charge in [-0.2, -0.15) is 0 Å². The first-order chi connectivity index (χ1) is 7.76. The third kappa shape index (κ3) is 1.94. The van der Waals surface area contributed by atoms with Crippen LogP contribution in [0.3, 0.4) is 0 Å². The van der Waals surface area contributed by atoms with Crippen LogP contribution in [0.1, 0.15) is 9.88 Å². The second-order valence-corrected chi connectivity index (χ2v) is 4.66. The fraction of sp³-hybridized carbons (Fsp3) is 0.250. The molecular weight excluding hydrogens is 222 g/mol. The van der Waals surface area contributed by atoms with Crippen LogP contribution < -0.4 is 4.74 Å². The van der Waals surface area contributed by atoms with Crippen LogP contribution in [0.25, 0.3) is 11.3 Å². The molecule has 1 aromatic heterocycles. The van der Waals surface area contributed by atoms with Gasteiger partial charge < -0.3 is 9.84 Å². The molecule has 3 nitrogen and oxygen atoms in total. The van der Waals surface area contributed by atoms with Crippen molar-refractivity contribution in [1.82, 2.24) is 4.98 Å². The molecule has 0 saturated heterocycles. The van der Waals surface area contributed by atoms with Gasteiger partial charge in [-0.3, -0.25) is 0 Å². The third-order valence-corrected chi connectivity index (χ3v) is 3.29. The average molecular weight is 235 g/mol. The summed E-state index contributed by atoms with van der Waals surface area (Å²) in [6.07, 6.45) is 0. The molecular formula is C12H13NO2S. The zero-order valence-corrected chi connectivity index (χ0v) is 10.0. The van der Waals surface area contributed by atoms with Crippen LogP contribution in [0, 0.1) is 6.92 Å². The highest BCUT2D eigenvalue weighted by molar-refractivity contribution is 7.12. The van der Waals surface area contributed by atoms with Gasteiger partial charge in [0.1, 0.15) is 10.8 Å². The number of aryl methyl sites for hydroxylation is 1. The van der Waals surface area contributed by atoms with Gasteiger partial charge in [-0.1, -0.05) is 12.1 Å². The molecule has 0 atom stereocenters. The van der Waals surface area contributed by atoms with E-state index in [-0.39, 0.29) is 6.61 Å². The molecule has 0 fully saturated rings. The maximum absolute atomic E-state index is 9.07. The number of para-hydroxylation sites is 1. The normalized spacial score (nSPS) is 10.4. The lowest BCUT2D eigenvalue weighted by Gasteiger charge is -2.06. The van der Waals surface area contributed by atoms with Crippen molar-refractivity contribution in [3.8, 4) is 17.0 Å². The Morgan fingerprint density at radius 1 is 1.38 bits per heavy atom. The monoisotopic (exact) mass is 235 g/mol. The number of hydrogen-bond acceptors (Lipinski definition) is 4. The first-order valence-corrected chi connectivity index (χ1v) is 5.78. The number of thiazole rings is 1. The maximum atomic E-state index is 9.07. The van der Waals surface area contributed by atoms with E-state index in [1.807, 2.05) is 31.2 Å². The van der Waals surface area contributed by atoms with Crippen LogP contribution in [0.5, 0.6) is 5.75 Å². The van der Waals surface area contributed by atoms with Crippen LogP contribution >= 0.6 is 11.3 Å². The first kappa shape index (κ1) is 11.1. The van der Waals surface area contributed by atoms with Gasteiger partial charge >= 0.3 is 0 Å². The van der Waals surface area contributed by atoms with Gasteiger partial charge in [0, 0.05) is 10.4 Å². The van der Waals surface area contributed by atoms with E-state index >= 15 is 0 Å². The van der Waals surface area contributed by atoms with Gasteiger partial charge in [-0.05, 0) is 19.1 Å². The van der Waals surface area contributed by atoms with Crippen molar-refractivity contribution in [2.24, 2.45) is 0 Å². The molecule has 0 bridgehead atoms. The summed E-state index contributed by atoms with van der Waals surface area (Å²) < 4.78 is 5.30. The maximum Gasteiger partial charge on any atom is 0.128 e. The van der Waals surface area contributed by atoms with Crippen molar-refractivity contribution in [2.75, 3.05) is 7.11 Å². The second kappa shape index (κ2) is 4.63. The van der Waals surface area contributed by atoms with Gasteiger partial charge in [0.25, 0.3) is 0 Å². The van der Waals surface area contributed by atoms with E-state index in [4.69, 9.17) is 9.84 Å². The number of benzene rings is 1. The quantitative estimate of drug-likeness (QED) is 0.889. The largest absolute Gasteiger partial charge is 0.496 e. The Hall–Kier alpha value is -1.39. The summed E-state index contributed by atoms with van der Waals surface area (Å²) in [6.45, 7) is 1.99. The number of methoxy groups -OCH3 is 1. The predicted molar refractivity (Wildman–Crippen MR) is 64.8 cm³/mol. The average Bonchev–Trinajstić information content (AvgIpc) is 2.70. The molecule has 2 aromatic rings. The summed E-state index contributed by atoms with van der Waals surface area (Å²) in [6, 6.07) is 7.76. The smallest absolute Gasteiger partial charge is 0.128 e. The van der Waals surface area contributed by atoms with Gasteiger partial charge in [0.15, 0.2) is 0 Å². The fourth-order valence-corrected chi connectivity index (χ4v) is 2.42. The van der Waals surface area contributed by atoms with E-state index in [0.29, 0.717) is 0 Å². The van der Waals surface area contributed by atoms with Gasteiger partial charge in [-0.15, -0.1) is 11.3 Å². The minimum absolute atomic E-state index is 0.0132. The molecule has 0 aliphatic carbocycles. The highest BCUT2D eigenvalue weighted by atomic mass is 32.1. The molecule has 4 heteroatoms. The molecule has 0 aliphatic rings. The summed E-state index contributed by atoms with van der Waals surface area (Å²) in [4.78, 5) is 5.49. The molecule has 1 N–H and O–H groups in total. The van der Waals surface area contributed by atoms with Crippen molar-refractivity contribution in [1.29, 1.82) is 0 Å². The molecule has 84 valence electrons. The Morgan fingerprint density at radius 2 is 2.12 bits per heavy atom. The molecule has 0 saturated carbocycles. The highest BCUT2D eigenvalue weighted by Crippen LogP contribution is 2.33. The predicted octanol–water partition coefficient (Wildman–Crippen LogP) is 2.62. The molecule has 0 unspecified atom stereocenters. The van der Waals surface area contributed by atoms with Gasteiger partial charge in [-0.25, -0.2) is 4.98 Å². The Morgan fingerprint density at radius 3 is 2.75 bits per heavy atom. The fourth-order valence-electron chi connectivity index (χ4n) is 1.61. The molecule has 0 radical (unpaired) electrons. The van der Waals surface area contributed by atoms with Crippen LogP contribution in [0.2, 0.25) is 0 Å². The molecule has 16 heavy (non-hydrogen) atoms. The van der Waals surface area contributed by atoms with Crippen LogP contribution in [-0.4, -0.2) is 17.2 Å². The standard InChI is InChI=1S/C12H13NO2S/c1-8-12(13-11(7-14)16-8)9-5-3-4-6-10(9)15-2/h3-6,14H,7H2,1-2H3. The number of nitrogens with zero attached hydrogens (tertiary/aromatic N) is 1. The number of aromatic nitrogens is 1. The number of aliphatic hydroxyl groups is 1. The van der Waals surface area contributed by atoms with Crippen LogP contribution in [0.4, 0.5) is 0 Å². The topological polar surface area (TPSA) is 42.4 Å². The van der Waals surface area contributed by atoms with Crippen molar-refractivity contribution < 1.29 is 9.84 Å². The van der Waals surface area contributed by atoms with Crippen molar-refractivity contribution >= 4 is 11.3 Å². The SMILES string of the molecule is COc1ccccc1-c1nc(CO)sc1C. The molecule has 0 aliphatic heterocycles. The van der Waals surface area contributed by atoms with E-state index in [1.165, 1.54) is 11.3 Å². The minimum Gasteiger partial charge on any atom is -0.496 e. The minimum atomic E-state index is -0.0132. The highest BCUT2D eigenvalue weighted by Gasteiger charge is 2.12. The van der Waals surface area contributed by atoms with E-state index in [2.05, 4.69) is 4.98 Å². The number of rotatable bonds is 3. The Kier molecular flexibility index (Phi) is 3.22. The lowest BCUT2D eigenvalue weighted by atomic mass is 10.1. The van der Waals surface area contributed by atoms with Gasteiger partial charge in [0.2, 0.25) is 0 Å². The number of aliphatic hydroxyl groups excluding tert-OH is 1. The number of hydrogen-bond donors (Lipinski definition) is 1. The van der Waals surface area contributed by atoms with Crippen molar-refractivity contribution in [3.63, 3.8) is 0 Å². The molecule has 1 aromatic carbocycles. The van der Waals surface area contributed by atoms with Crippen LogP contribution in [0.15, 0.2) is 24.3 Å². The molecule has 0 spiro atoms. The second-order valence-electron chi connectivity index (χ2n) is 3.37. The summed E-state index contributed by atoms with van der Waals surface area (Å²) in [5.74, 6) is 0.806. The Labute approximate surface area is 98.4 Å². The van der Waals surface area contributed by atoms with E-state index in [9.17, 15) is 0 Å². The summed E-state index contributed by atoms with van der Waals surface area (Å²) in [5, 5.41) is 9.80. The zero-order chi connectivity index (χ0) is 11.5. The third-order valence-electron chi connectivity index (χ3n) is 2.34. The zero-order valence-electron chi connectivity index (χ0n) is 9.23. The molecule has 0 amide bonds. The van der Waals surface area contributed by atoms with Crippen LogP contribution in [-0.2, 0) is 6.61 Å². The first-order valence-electron chi connectivity index (χ1n) is 4.96. The molecule has 2 rings (SSSR count). The summed E-state index contributed by atoms with van der Waals surface area (Å²) in [7, 11) is 1.65. The summed E-state index contributed by atoms with van der Waals surface area (Å²) >= 11 is 1.51. The van der Waals surface area contributed by atoms with E-state index in [0.717, 1.165) is 26.9 Å². The Bertz CT molecular complexity index is 494. The van der Waals surface area contributed by atoms with Crippen molar-refractivity contribution in [3.05, 3.63) is 34.2 Å². The van der Waals surface area contributed by atoms with Crippen molar-refractivity contribution in [2.45, 2.75) is 13.5 Å². The van der Waals surface area contributed by atoms with Gasteiger partial charge in [0.05, 0.1) is 19.4 Å². The Balaban J connectivity index is 2.53. The van der Waals surface area contributed by atoms with E-state index < -0.39 is 0 Å². The summed E-state index contributed by atoms with van der Waals surface area (Å²) in [5.41, 5.74) is 1.87. The molecule has 1 heterocycles. The lowest BCUT2D eigenvalue weighted by molar-refractivity contribution is 0.281.